The van der Waals surface area contributed by atoms with Gasteiger partial charge in [0.15, 0.2) is 0 Å². The first-order chi connectivity index (χ1) is 11.8. The summed E-state index contributed by atoms with van der Waals surface area (Å²) in [6.45, 7) is 10.2. The van der Waals surface area contributed by atoms with Gasteiger partial charge in [-0.1, -0.05) is 33.8 Å². The SMILES string of the molecule is C#CCCC(=O)N[C@@H](CCC)C(=O)N1C(=C)C=C(OC)[C@@H]1CC(C)C. The number of carbonyl (C=O) groups excluding carboxylic acids is 2. The molecule has 0 unspecified atom stereocenters. The molecule has 5 nitrogen and oxygen atoms in total. The third kappa shape index (κ3) is 5.67. The Bertz CT molecular complexity index is 572. The summed E-state index contributed by atoms with van der Waals surface area (Å²) in [5.74, 6) is 3.22. The highest BCUT2D eigenvalue weighted by molar-refractivity contribution is 5.89. The molecule has 1 rings (SSSR count). The van der Waals surface area contributed by atoms with Crippen LogP contribution < -0.4 is 5.32 Å². The zero-order chi connectivity index (χ0) is 19.0. The molecule has 1 heterocycles. The molecule has 138 valence electrons. The van der Waals surface area contributed by atoms with Crippen LogP contribution in [0.3, 0.4) is 0 Å². The molecular weight excluding hydrogens is 316 g/mol. The van der Waals surface area contributed by atoms with Crippen molar-refractivity contribution >= 4 is 11.8 Å². The summed E-state index contributed by atoms with van der Waals surface area (Å²) < 4.78 is 5.45. The maximum absolute atomic E-state index is 13.1. The predicted molar refractivity (Wildman–Crippen MR) is 99.2 cm³/mol. The van der Waals surface area contributed by atoms with Crippen LogP contribution in [0.2, 0.25) is 0 Å². The zero-order valence-electron chi connectivity index (χ0n) is 15.8. The Labute approximate surface area is 151 Å². The summed E-state index contributed by atoms with van der Waals surface area (Å²) in [4.78, 5) is 26.8. The van der Waals surface area contributed by atoms with E-state index < -0.39 is 6.04 Å². The van der Waals surface area contributed by atoms with Gasteiger partial charge in [-0.2, -0.15) is 0 Å². The second-order valence-corrected chi connectivity index (χ2v) is 6.71. The minimum atomic E-state index is -0.578. The fraction of sp³-hybridized carbons (Fsp3) is 0.600. The number of terminal acetylenes is 1. The van der Waals surface area contributed by atoms with E-state index in [-0.39, 0.29) is 24.3 Å². The summed E-state index contributed by atoms with van der Waals surface area (Å²) in [6, 6.07) is -0.752. The highest BCUT2D eigenvalue weighted by Gasteiger charge is 2.38. The van der Waals surface area contributed by atoms with Gasteiger partial charge in [-0.25, -0.2) is 0 Å². The lowest BCUT2D eigenvalue weighted by Crippen LogP contribution is -2.50. The molecule has 5 heteroatoms. The Kier molecular flexibility index (Phi) is 8.27. The van der Waals surface area contributed by atoms with Crippen LogP contribution >= 0.6 is 0 Å². The minimum absolute atomic E-state index is 0.144. The molecule has 0 aromatic carbocycles. The van der Waals surface area contributed by atoms with E-state index in [0.29, 0.717) is 24.5 Å². The van der Waals surface area contributed by atoms with Crippen molar-refractivity contribution in [1.29, 1.82) is 0 Å². The van der Waals surface area contributed by atoms with Gasteiger partial charge in [-0.15, -0.1) is 12.3 Å². The molecule has 0 saturated carbocycles. The van der Waals surface area contributed by atoms with Gasteiger partial charge >= 0.3 is 0 Å². The van der Waals surface area contributed by atoms with Crippen molar-refractivity contribution in [3.8, 4) is 12.3 Å². The van der Waals surface area contributed by atoms with Crippen LogP contribution in [0.15, 0.2) is 24.1 Å². The standard InChI is InChI=1S/C20H30N2O3/c1-7-9-11-19(23)21-16(10-8-2)20(24)22-15(5)13-18(25-6)17(22)12-14(3)4/h1,13-14,16-17H,5,8-12H2,2-4,6H3,(H,21,23)/t16-,17-/m0/s1. The molecule has 0 aromatic rings. The molecule has 0 radical (unpaired) electrons. The normalized spacial score (nSPS) is 17.9. The van der Waals surface area contributed by atoms with Crippen molar-refractivity contribution in [2.24, 2.45) is 5.92 Å². The molecule has 1 aliphatic heterocycles. The topological polar surface area (TPSA) is 58.6 Å². The highest BCUT2D eigenvalue weighted by Crippen LogP contribution is 2.31. The number of nitrogens with one attached hydrogen (secondary N) is 1. The number of rotatable bonds is 9. The van der Waals surface area contributed by atoms with Gasteiger partial charge in [0.2, 0.25) is 11.8 Å². The van der Waals surface area contributed by atoms with Crippen LogP contribution in [0.25, 0.3) is 0 Å². The average Bonchev–Trinajstić information content (AvgIpc) is 2.86. The number of ether oxygens (including phenoxy) is 1. The molecule has 2 amide bonds. The van der Waals surface area contributed by atoms with Gasteiger partial charge in [0.1, 0.15) is 11.8 Å². The van der Waals surface area contributed by atoms with Gasteiger partial charge in [-0.05, 0) is 18.8 Å². The molecule has 0 fully saturated rings. The lowest BCUT2D eigenvalue weighted by Gasteiger charge is -2.31. The second kappa shape index (κ2) is 9.93. The largest absolute Gasteiger partial charge is 0.499 e. The van der Waals surface area contributed by atoms with Crippen LogP contribution in [0.5, 0.6) is 0 Å². The molecule has 0 aliphatic carbocycles. The molecule has 1 N–H and O–H groups in total. The van der Waals surface area contributed by atoms with E-state index in [1.165, 1.54) is 0 Å². The first-order valence-corrected chi connectivity index (χ1v) is 8.86. The molecule has 25 heavy (non-hydrogen) atoms. The first-order valence-electron chi connectivity index (χ1n) is 8.86. The smallest absolute Gasteiger partial charge is 0.250 e. The fourth-order valence-electron chi connectivity index (χ4n) is 2.98. The quantitative estimate of drug-likeness (QED) is 0.653. The number of allylic oxidation sites excluding steroid dienone is 1. The Hall–Kier alpha value is -2.22. The maximum atomic E-state index is 13.1. The van der Waals surface area contributed by atoms with Crippen LogP contribution in [0.1, 0.15) is 52.9 Å². The minimum Gasteiger partial charge on any atom is -0.499 e. The van der Waals surface area contributed by atoms with Gasteiger partial charge in [-0.3, -0.25) is 9.59 Å². The predicted octanol–water partition coefficient (Wildman–Crippen LogP) is 2.99. The maximum Gasteiger partial charge on any atom is 0.250 e. The number of nitrogens with zero attached hydrogens (tertiary/aromatic N) is 1. The number of methoxy groups -OCH3 is 1. The molecule has 0 bridgehead atoms. The Morgan fingerprint density at radius 2 is 2.16 bits per heavy atom. The van der Waals surface area contributed by atoms with E-state index in [1.807, 2.05) is 6.92 Å². The summed E-state index contributed by atoms with van der Waals surface area (Å²) in [6.07, 6.45) is 9.71. The van der Waals surface area contributed by atoms with Gasteiger partial charge in [0.25, 0.3) is 0 Å². The zero-order valence-corrected chi connectivity index (χ0v) is 15.8. The second-order valence-electron chi connectivity index (χ2n) is 6.71. The van der Waals surface area contributed by atoms with Crippen LogP contribution in [-0.2, 0) is 14.3 Å². The van der Waals surface area contributed by atoms with E-state index >= 15 is 0 Å². The van der Waals surface area contributed by atoms with Crippen molar-refractivity contribution in [3.05, 3.63) is 24.1 Å². The van der Waals surface area contributed by atoms with Crippen molar-refractivity contribution in [2.75, 3.05) is 7.11 Å². The molecule has 2 atom stereocenters. The Balaban J connectivity index is 2.95. The van der Waals surface area contributed by atoms with E-state index in [9.17, 15) is 9.59 Å². The van der Waals surface area contributed by atoms with Crippen molar-refractivity contribution in [2.45, 2.75) is 65.0 Å². The van der Waals surface area contributed by atoms with E-state index in [1.54, 1.807) is 18.1 Å². The van der Waals surface area contributed by atoms with Gasteiger partial charge < -0.3 is 15.0 Å². The molecule has 0 aromatic heterocycles. The number of carbonyl (C=O) groups is 2. The first kappa shape index (κ1) is 20.8. The van der Waals surface area contributed by atoms with Crippen LogP contribution in [0, 0.1) is 18.3 Å². The molecule has 0 spiro atoms. The van der Waals surface area contributed by atoms with Crippen molar-refractivity contribution in [3.63, 3.8) is 0 Å². The van der Waals surface area contributed by atoms with Gasteiger partial charge in [0, 0.05) is 24.6 Å². The third-order valence-electron chi connectivity index (χ3n) is 4.13. The van der Waals surface area contributed by atoms with Gasteiger partial charge in [0.05, 0.1) is 13.2 Å². The highest BCUT2D eigenvalue weighted by atomic mass is 16.5. The molecular formula is C20H30N2O3. The summed E-state index contributed by atoms with van der Waals surface area (Å²) >= 11 is 0. The molecule has 0 saturated heterocycles. The van der Waals surface area contributed by atoms with Crippen LogP contribution in [0.4, 0.5) is 0 Å². The summed E-state index contributed by atoms with van der Waals surface area (Å²) in [5.41, 5.74) is 0.603. The van der Waals surface area contributed by atoms with E-state index in [0.717, 1.165) is 18.6 Å². The van der Waals surface area contributed by atoms with Crippen LogP contribution in [-0.4, -0.2) is 35.9 Å². The molecule has 1 aliphatic rings. The lowest BCUT2D eigenvalue weighted by molar-refractivity contribution is -0.136. The van der Waals surface area contributed by atoms with Crippen molar-refractivity contribution < 1.29 is 14.3 Å². The Morgan fingerprint density at radius 1 is 1.48 bits per heavy atom. The monoisotopic (exact) mass is 346 g/mol. The number of hydrogen-bond donors (Lipinski definition) is 1. The third-order valence-corrected chi connectivity index (χ3v) is 4.13. The number of hydrogen-bond acceptors (Lipinski definition) is 3. The number of amides is 2. The van der Waals surface area contributed by atoms with E-state index in [4.69, 9.17) is 11.2 Å². The fourth-order valence-corrected chi connectivity index (χ4v) is 2.98. The summed E-state index contributed by atoms with van der Waals surface area (Å²) in [5, 5.41) is 2.83. The van der Waals surface area contributed by atoms with E-state index in [2.05, 4.69) is 31.7 Å². The summed E-state index contributed by atoms with van der Waals surface area (Å²) in [7, 11) is 1.60. The lowest BCUT2D eigenvalue weighted by atomic mass is 10.0. The average molecular weight is 346 g/mol. The van der Waals surface area contributed by atoms with Crippen molar-refractivity contribution in [1.82, 2.24) is 10.2 Å². The Morgan fingerprint density at radius 3 is 2.68 bits per heavy atom.